The first kappa shape index (κ1) is 8.63. The van der Waals surface area contributed by atoms with E-state index in [4.69, 9.17) is 0 Å². The van der Waals surface area contributed by atoms with Crippen molar-refractivity contribution in [3.8, 4) is 0 Å². The average Bonchev–Trinajstić information content (AvgIpc) is 2.05. The van der Waals surface area contributed by atoms with Gasteiger partial charge in [-0.05, 0) is 20.8 Å². The van der Waals surface area contributed by atoms with Crippen molar-refractivity contribution in [3.63, 3.8) is 0 Å². The number of nitrogens with zero attached hydrogens (tertiary/aromatic N) is 1. The Morgan fingerprint density at radius 2 is 2.00 bits per heavy atom. The topological polar surface area (TPSA) is 3.24 Å². The quantitative estimate of drug-likeness (QED) is 0.560. The molecule has 0 bridgehead atoms. The molecule has 0 saturated heterocycles. The second kappa shape index (κ2) is 2.54. The lowest BCUT2D eigenvalue weighted by Gasteiger charge is -2.27. The van der Waals surface area contributed by atoms with Crippen LogP contribution in [0.3, 0.4) is 0 Å². The summed E-state index contributed by atoms with van der Waals surface area (Å²) < 4.78 is 0. The molecule has 0 spiro atoms. The molecule has 1 heterocycles. The summed E-state index contributed by atoms with van der Waals surface area (Å²) in [7, 11) is 0. The molecule has 0 N–H and O–H groups in total. The summed E-state index contributed by atoms with van der Waals surface area (Å²) in [6.45, 7) is 12.5. The average molecular weight is 153 g/mol. The molecule has 1 aliphatic heterocycles. The fraction of sp³-hybridized carbons (Fsp3) is 0.800. The summed E-state index contributed by atoms with van der Waals surface area (Å²) in [4.78, 5) is 2.46. The molecule has 0 aromatic carbocycles. The molecule has 0 fully saturated rings. The highest BCUT2D eigenvalue weighted by atomic mass is 15.2. The van der Waals surface area contributed by atoms with E-state index in [-0.39, 0.29) is 0 Å². The van der Waals surface area contributed by atoms with Crippen molar-refractivity contribution in [2.75, 3.05) is 6.54 Å². The Hall–Kier alpha value is -0.460. The lowest BCUT2D eigenvalue weighted by Crippen LogP contribution is -2.30. The Labute approximate surface area is 70.1 Å². The highest BCUT2D eigenvalue weighted by Gasteiger charge is 2.27. The third-order valence-electron chi connectivity index (χ3n) is 2.25. The van der Waals surface area contributed by atoms with Crippen molar-refractivity contribution in [1.29, 1.82) is 0 Å². The van der Waals surface area contributed by atoms with E-state index in [2.05, 4.69) is 45.6 Å². The molecule has 1 heteroatoms. The molecule has 1 nitrogen and oxygen atoms in total. The van der Waals surface area contributed by atoms with E-state index in [1.165, 1.54) is 12.2 Å². The fourth-order valence-corrected chi connectivity index (χ4v) is 1.85. The van der Waals surface area contributed by atoms with E-state index >= 15 is 0 Å². The van der Waals surface area contributed by atoms with Crippen molar-refractivity contribution < 1.29 is 0 Å². The summed E-state index contributed by atoms with van der Waals surface area (Å²) in [6, 6.07) is 0.646. The maximum absolute atomic E-state index is 2.46. The van der Waals surface area contributed by atoms with Crippen LogP contribution < -0.4 is 0 Å². The van der Waals surface area contributed by atoms with Crippen LogP contribution in [0, 0.1) is 5.41 Å². The Kier molecular flexibility index (Phi) is 2.00. The monoisotopic (exact) mass is 153 g/mol. The molecule has 0 aromatic heterocycles. The zero-order chi connectivity index (χ0) is 8.65. The summed E-state index contributed by atoms with van der Waals surface area (Å²) in [5, 5.41) is 0. The smallest absolute Gasteiger partial charge is 0.0264 e. The van der Waals surface area contributed by atoms with Crippen molar-refractivity contribution in [2.45, 2.75) is 40.7 Å². The van der Waals surface area contributed by atoms with Crippen LogP contribution in [0.15, 0.2) is 11.8 Å². The van der Waals surface area contributed by atoms with Crippen molar-refractivity contribution in [3.05, 3.63) is 11.8 Å². The highest BCUT2D eigenvalue weighted by Crippen LogP contribution is 2.31. The van der Waals surface area contributed by atoms with Gasteiger partial charge < -0.3 is 4.90 Å². The number of hydrogen-bond acceptors (Lipinski definition) is 1. The molecule has 64 valence electrons. The maximum Gasteiger partial charge on any atom is 0.0264 e. The van der Waals surface area contributed by atoms with Crippen LogP contribution in [0.25, 0.3) is 0 Å². The van der Waals surface area contributed by atoms with E-state index in [0.717, 1.165) is 0 Å². The molecule has 1 rings (SSSR count). The van der Waals surface area contributed by atoms with Gasteiger partial charge in [0.1, 0.15) is 0 Å². The Morgan fingerprint density at radius 3 is 2.18 bits per heavy atom. The summed E-state index contributed by atoms with van der Waals surface area (Å²) in [5.74, 6) is 0. The first-order valence-electron chi connectivity index (χ1n) is 4.38. The number of rotatable bonds is 1. The second-order valence-corrected chi connectivity index (χ2v) is 4.50. The van der Waals surface area contributed by atoms with Crippen molar-refractivity contribution in [2.24, 2.45) is 5.41 Å². The van der Waals surface area contributed by atoms with Gasteiger partial charge in [-0.15, -0.1) is 0 Å². The van der Waals surface area contributed by atoms with Gasteiger partial charge in [-0.2, -0.15) is 0 Å². The molecular weight excluding hydrogens is 134 g/mol. The molecule has 1 aliphatic rings. The van der Waals surface area contributed by atoms with E-state index in [9.17, 15) is 0 Å². The zero-order valence-electron chi connectivity index (χ0n) is 8.31. The summed E-state index contributed by atoms with van der Waals surface area (Å²) in [6.07, 6.45) is 2.37. The Morgan fingerprint density at radius 1 is 1.45 bits per heavy atom. The van der Waals surface area contributed by atoms with Crippen LogP contribution in [0.2, 0.25) is 0 Å². The molecule has 0 amide bonds. The molecule has 0 unspecified atom stereocenters. The minimum absolute atomic E-state index is 0.383. The van der Waals surface area contributed by atoms with Crippen molar-refractivity contribution >= 4 is 0 Å². The Balaban J connectivity index is 2.72. The summed E-state index contributed by atoms with van der Waals surface area (Å²) >= 11 is 0. The van der Waals surface area contributed by atoms with Crippen LogP contribution in [0.1, 0.15) is 34.6 Å². The molecule has 11 heavy (non-hydrogen) atoms. The van der Waals surface area contributed by atoms with Crippen LogP contribution in [-0.4, -0.2) is 17.5 Å². The van der Waals surface area contributed by atoms with E-state index < -0.39 is 0 Å². The van der Waals surface area contributed by atoms with Gasteiger partial charge in [0.2, 0.25) is 0 Å². The van der Waals surface area contributed by atoms with Crippen LogP contribution in [-0.2, 0) is 0 Å². The largest absolute Gasteiger partial charge is 0.372 e. The zero-order valence-corrected chi connectivity index (χ0v) is 8.31. The normalized spacial score (nSPS) is 22.7. The van der Waals surface area contributed by atoms with Gasteiger partial charge in [0.25, 0.3) is 0 Å². The third kappa shape index (κ3) is 1.76. The second-order valence-electron chi connectivity index (χ2n) is 4.50. The van der Waals surface area contributed by atoms with E-state index in [0.29, 0.717) is 11.5 Å². The van der Waals surface area contributed by atoms with E-state index in [1.54, 1.807) is 0 Å². The molecule has 0 saturated carbocycles. The fourth-order valence-electron chi connectivity index (χ4n) is 1.85. The first-order valence-corrected chi connectivity index (χ1v) is 4.38. The lowest BCUT2D eigenvalue weighted by atomic mass is 9.95. The molecule has 0 aromatic rings. The molecular formula is C10H19N. The standard InChI is InChI=1S/C10H19N/c1-8(2)11-7-10(4,5)6-9(11)3/h6,8H,7H2,1-5H3. The van der Waals surface area contributed by atoms with E-state index in [1.807, 2.05) is 0 Å². The van der Waals surface area contributed by atoms with Gasteiger partial charge in [0, 0.05) is 23.7 Å². The Bertz CT molecular complexity index is 177. The number of hydrogen-bond donors (Lipinski definition) is 0. The molecule has 0 aliphatic carbocycles. The van der Waals surface area contributed by atoms with Gasteiger partial charge in [0.05, 0.1) is 0 Å². The summed E-state index contributed by atoms with van der Waals surface area (Å²) in [5.41, 5.74) is 1.82. The van der Waals surface area contributed by atoms with Gasteiger partial charge in [-0.1, -0.05) is 19.9 Å². The van der Waals surface area contributed by atoms with Crippen molar-refractivity contribution in [1.82, 2.24) is 4.90 Å². The minimum Gasteiger partial charge on any atom is -0.372 e. The lowest BCUT2D eigenvalue weighted by molar-refractivity contribution is 0.255. The van der Waals surface area contributed by atoms with Crippen LogP contribution in [0.5, 0.6) is 0 Å². The third-order valence-corrected chi connectivity index (χ3v) is 2.25. The van der Waals surface area contributed by atoms with Gasteiger partial charge in [-0.3, -0.25) is 0 Å². The maximum atomic E-state index is 2.46. The predicted molar refractivity (Wildman–Crippen MR) is 49.4 cm³/mol. The molecule has 0 radical (unpaired) electrons. The van der Waals surface area contributed by atoms with Crippen LogP contribution >= 0.6 is 0 Å². The van der Waals surface area contributed by atoms with Crippen LogP contribution in [0.4, 0.5) is 0 Å². The predicted octanol–water partition coefficient (Wildman–Crippen LogP) is 2.64. The van der Waals surface area contributed by atoms with Gasteiger partial charge >= 0.3 is 0 Å². The highest BCUT2D eigenvalue weighted by molar-refractivity contribution is 5.13. The molecule has 0 atom stereocenters. The number of allylic oxidation sites excluding steroid dienone is 1. The van der Waals surface area contributed by atoms with Gasteiger partial charge in [0.15, 0.2) is 0 Å². The first-order chi connectivity index (χ1) is 4.92. The minimum atomic E-state index is 0.383. The SMILES string of the molecule is CC1=CC(C)(C)CN1C(C)C. The van der Waals surface area contributed by atoms with Gasteiger partial charge in [-0.25, -0.2) is 0 Å².